The van der Waals surface area contributed by atoms with Crippen molar-refractivity contribution in [3.63, 3.8) is 0 Å². The summed E-state index contributed by atoms with van der Waals surface area (Å²) in [5, 5.41) is 7.75. The predicted octanol–water partition coefficient (Wildman–Crippen LogP) is 6.64. The Morgan fingerprint density at radius 3 is 1.85 bits per heavy atom. The van der Waals surface area contributed by atoms with Crippen LogP contribution in [-0.4, -0.2) is 273 Å². The Balaban J connectivity index is 1.09. The molecule has 4 saturated carbocycles. The Morgan fingerprint density at radius 2 is 1.26 bits per heavy atom. The van der Waals surface area contributed by atoms with E-state index < -0.39 is 173 Å². The van der Waals surface area contributed by atoms with Crippen molar-refractivity contribution in [2.45, 2.75) is 299 Å². The monoisotopic (exact) mass is 1510 g/mol. The number of rotatable bonds is 12. The van der Waals surface area contributed by atoms with Crippen LogP contribution in [-0.2, 0) is 62.3 Å². The van der Waals surface area contributed by atoms with Crippen LogP contribution < -0.4 is 16.0 Å². The first kappa shape index (κ1) is 83.7. The van der Waals surface area contributed by atoms with Crippen molar-refractivity contribution in [2.24, 2.45) is 41.4 Å². The van der Waals surface area contributed by atoms with Gasteiger partial charge in [0.15, 0.2) is 0 Å². The average Bonchev–Trinajstić information content (AvgIpc) is 1.71. The molecule has 25 nitrogen and oxygen atoms in total. The molecular formula is C77H122ClF3N12O13. The summed E-state index contributed by atoms with van der Waals surface area (Å²) in [5.74, 6) is -9.88. The van der Waals surface area contributed by atoms with Crippen LogP contribution in [0, 0.1) is 41.4 Å². The lowest BCUT2D eigenvalue weighted by Crippen LogP contribution is -2.65. The molecule has 596 valence electrons. The molecule has 0 aromatic rings. The minimum Gasteiger partial charge on any atom is -0.377 e. The van der Waals surface area contributed by atoms with Crippen LogP contribution in [0.15, 0.2) is 0 Å². The van der Waals surface area contributed by atoms with Crippen molar-refractivity contribution in [3.05, 3.63) is 0 Å². The van der Waals surface area contributed by atoms with Crippen molar-refractivity contribution in [2.75, 3.05) is 74.6 Å². The fraction of sp³-hybridized carbons (Fsp3) is 0.844. The van der Waals surface area contributed by atoms with Crippen LogP contribution in [0.25, 0.3) is 0 Å². The second kappa shape index (κ2) is 36.0. The van der Waals surface area contributed by atoms with Crippen LogP contribution in [0.2, 0.25) is 0 Å². The predicted molar refractivity (Wildman–Crippen MR) is 390 cm³/mol. The molecule has 5 unspecified atom stereocenters. The lowest BCUT2D eigenvalue weighted by atomic mass is 9.78. The first-order chi connectivity index (χ1) is 50.1. The number of ether oxygens (including phenoxy) is 1. The molecule has 5 heterocycles. The standard InChI is InChI=1S/C77H122ClF3N12O13/c1-13-47(6)64-73(103)86(9)48(7)68(98)92-37-33-58(92)71(101)90(14-2)61(40-50-25-23-46(5)24-26-50)70(100)85(8)42-62(94)82-56(32-28-49-27-31-54(55(78)39-49)77(79,80)81)69(99)91-36-19-22-57(91)67(97)84-76(34-17-18-35-76)75(105)89(12)65(51-20-15-16-21-51)74(104)88(11)60(72(102)93-52-29-30-53(93)44-106-43-52)41-63(95)87(10)59(38-45(3)4)66(96)83-64/h45-61,64-65H,13-44H2,1-12H3,(H,82,94)(H,83,96)(H,84,97)/t46?,47-,48-,49?,50?,52?,53?,54?,55?,56-,57-,58-,59-,60-,61-,64-,65-/m0/s1. The molecular weight excluding hydrogens is 1390 g/mol. The SMILES string of the molecule is CC[C@H](C)[C@@H]1NC(=O)[C@H](CC(C)C)N(C)C(=O)C[C@@H](C(=O)N2C3CCC2COC3)N(C)C(=O)[C@H](C2CCCC2)N(C)C(=O)C2(CCCC2)NC(=O)[C@@H]2CCCN2C(=O)[C@H](CCC2CCC(C(F)(F)F)C(Cl)C2)NC(=O)CN(C)C(=O)[C@H](CC2CCC(C)CC2)N(CC)C(=O)[C@@H]2CCN2C(=O)[C@H](C)N(C)C1=O. The van der Waals surface area contributed by atoms with E-state index in [-0.39, 0.29) is 133 Å². The Kier molecular flexibility index (Phi) is 28.4. The molecule has 0 radical (unpaired) electrons. The van der Waals surface area contributed by atoms with Crippen molar-refractivity contribution in [1.82, 2.24) is 60.0 Å². The zero-order valence-electron chi connectivity index (χ0n) is 64.9. The lowest BCUT2D eigenvalue weighted by molar-refractivity contribution is -0.182. The number of likely N-dealkylation sites (N-methyl/N-ethyl adjacent to an activating group) is 6. The molecule has 0 aromatic heterocycles. The summed E-state index contributed by atoms with van der Waals surface area (Å²) in [5.41, 5.74) is -1.56. The summed E-state index contributed by atoms with van der Waals surface area (Å²) in [4.78, 5) is 196. The van der Waals surface area contributed by atoms with Gasteiger partial charge in [0, 0.05) is 60.2 Å². The van der Waals surface area contributed by atoms with E-state index in [2.05, 4.69) is 22.9 Å². The topological polar surface area (TPSA) is 279 Å². The molecule has 1 spiro atoms. The Morgan fingerprint density at radius 1 is 0.632 bits per heavy atom. The number of carbonyl (C=O) groups excluding carboxylic acids is 12. The fourth-order valence-electron chi connectivity index (χ4n) is 18.8. The second-order valence-electron chi connectivity index (χ2n) is 33.4. The maximum Gasteiger partial charge on any atom is 0.393 e. The van der Waals surface area contributed by atoms with Gasteiger partial charge >= 0.3 is 6.18 Å². The number of hydrogen-bond donors (Lipinski definition) is 3. The molecule has 3 N–H and O–H groups in total. The number of morpholine rings is 1. The van der Waals surface area contributed by atoms with Crippen LogP contribution >= 0.6 is 11.6 Å². The third-order valence-corrected chi connectivity index (χ3v) is 26.4. The van der Waals surface area contributed by atoms with E-state index in [9.17, 15) is 22.8 Å². The van der Waals surface area contributed by atoms with Gasteiger partial charge < -0.3 is 64.8 Å². The summed E-state index contributed by atoms with van der Waals surface area (Å²) >= 11 is 6.45. The highest BCUT2D eigenvalue weighted by atomic mass is 35.5. The number of amides is 12. The van der Waals surface area contributed by atoms with E-state index in [1.165, 1.54) is 74.4 Å². The van der Waals surface area contributed by atoms with Gasteiger partial charge in [0.2, 0.25) is 70.9 Å². The van der Waals surface area contributed by atoms with Crippen molar-refractivity contribution >= 4 is 82.5 Å². The highest BCUT2D eigenvalue weighted by molar-refractivity contribution is 6.21. The van der Waals surface area contributed by atoms with E-state index in [1.807, 2.05) is 20.8 Å². The summed E-state index contributed by atoms with van der Waals surface area (Å²) in [6, 6.07) is -11.5. The number of nitrogens with zero attached hydrogens (tertiary/aromatic N) is 9. The number of hydrogen-bond acceptors (Lipinski definition) is 13. The molecule has 106 heavy (non-hydrogen) atoms. The van der Waals surface area contributed by atoms with Gasteiger partial charge in [0.25, 0.3) is 0 Å². The molecule has 0 aromatic carbocycles. The minimum atomic E-state index is -4.51. The van der Waals surface area contributed by atoms with Gasteiger partial charge in [-0.15, -0.1) is 11.6 Å². The number of halogens is 4. The number of fused-ring (bicyclic) bond motifs is 4. The highest BCUT2D eigenvalue weighted by Gasteiger charge is 2.54. The smallest absolute Gasteiger partial charge is 0.377 e. The first-order valence-corrected chi connectivity index (χ1v) is 40.3. The molecule has 4 aliphatic carbocycles. The molecule has 5 aliphatic heterocycles. The molecule has 9 fully saturated rings. The summed E-state index contributed by atoms with van der Waals surface area (Å²) in [6.07, 6.45) is 5.18. The Bertz CT molecular complexity index is 3170. The molecule has 5 saturated heterocycles. The van der Waals surface area contributed by atoms with E-state index >= 15 is 47.9 Å². The van der Waals surface area contributed by atoms with Gasteiger partial charge in [0.1, 0.15) is 59.9 Å². The molecule has 9 rings (SSSR count). The number of carbonyl (C=O) groups is 12. The zero-order valence-corrected chi connectivity index (χ0v) is 65.7. The van der Waals surface area contributed by atoms with Gasteiger partial charge in [-0.25, -0.2) is 0 Å². The van der Waals surface area contributed by atoms with Crippen molar-refractivity contribution < 1.29 is 75.4 Å². The maximum absolute atomic E-state index is 15.9. The third kappa shape index (κ3) is 18.7. The van der Waals surface area contributed by atoms with Gasteiger partial charge in [-0.2, -0.15) is 13.2 Å². The minimum absolute atomic E-state index is 0.000980. The third-order valence-electron chi connectivity index (χ3n) is 25.9. The van der Waals surface area contributed by atoms with Crippen molar-refractivity contribution in [1.29, 1.82) is 0 Å². The van der Waals surface area contributed by atoms with E-state index in [0.717, 1.165) is 38.5 Å². The first-order valence-electron chi connectivity index (χ1n) is 39.9. The van der Waals surface area contributed by atoms with Crippen LogP contribution in [0.4, 0.5) is 13.2 Å². The second-order valence-corrected chi connectivity index (χ2v) is 34.0. The maximum atomic E-state index is 15.9. The molecule has 2 bridgehead atoms. The van der Waals surface area contributed by atoms with Gasteiger partial charge in [-0.1, -0.05) is 92.4 Å². The highest BCUT2D eigenvalue weighted by Crippen LogP contribution is 2.45. The van der Waals surface area contributed by atoms with Crippen molar-refractivity contribution in [3.8, 4) is 0 Å². The average molecular weight is 1520 g/mol. The molecule has 29 heteroatoms. The summed E-state index contributed by atoms with van der Waals surface area (Å²) in [7, 11) is 7.35. The number of alkyl halides is 4. The van der Waals surface area contributed by atoms with Crippen LogP contribution in [0.3, 0.4) is 0 Å². The van der Waals surface area contributed by atoms with Crippen LogP contribution in [0.1, 0.15) is 215 Å². The quantitative estimate of drug-likeness (QED) is 0.173. The molecule has 9 aliphatic rings. The number of nitrogens with one attached hydrogen (secondary N) is 3. The largest absolute Gasteiger partial charge is 0.393 e. The van der Waals surface area contributed by atoms with Crippen LogP contribution in [0.5, 0.6) is 0 Å². The molecule has 15 atom stereocenters. The van der Waals surface area contributed by atoms with E-state index in [0.29, 0.717) is 57.3 Å². The zero-order chi connectivity index (χ0) is 77.5. The lowest BCUT2D eigenvalue weighted by Gasteiger charge is -2.46. The van der Waals surface area contributed by atoms with Gasteiger partial charge in [-0.3, -0.25) is 57.5 Å². The Labute approximate surface area is 630 Å². The summed E-state index contributed by atoms with van der Waals surface area (Å²) < 4.78 is 48.2. The van der Waals surface area contributed by atoms with Gasteiger partial charge in [0.05, 0.1) is 44.2 Å². The molecule has 12 amide bonds. The van der Waals surface area contributed by atoms with Gasteiger partial charge in [-0.05, 0) is 152 Å². The van der Waals surface area contributed by atoms with E-state index in [1.54, 1.807) is 25.7 Å². The normalized spacial score (nSPS) is 33.8. The Hall–Kier alpha value is -6.32. The summed E-state index contributed by atoms with van der Waals surface area (Å²) in [6.45, 7) is 13.1. The fourth-order valence-corrected chi connectivity index (χ4v) is 19.3. The van der Waals surface area contributed by atoms with E-state index in [4.69, 9.17) is 16.3 Å².